The van der Waals surface area contributed by atoms with Gasteiger partial charge in [0, 0.05) is 28.8 Å². The van der Waals surface area contributed by atoms with E-state index in [0.717, 1.165) is 4.47 Å². The van der Waals surface area contributed by atoms with Crippen molar-refractivity contribution < 1.29 is 17.9 Å². The van der Waals surface area contributed by atoms with Crippen LogP contribution in [-0.4, -0.2) is 50.0 Å². The third kappa shape index (κ3) is 5.15. The third-order valence-corrected chi connectivity index (χ3v) is 6.70. The van der Waals surface area contributed by atoms with Gasteiger partial charge in [0.15, 0.2) is 5.11 Å². The molecule has 0 aromatic heterocycles. The van der Waals surface area contributed by atoms with E-state index in [9.17, 15) is 13.2 Å². The van der Waals surface area contributed by atoms with Crippen LogP contribution in [0.5, 0.6) is 0 Å². The molecule has 0 bridgehead atoms. The van der Waals surface area contributed by atoms with Crippen LogP contribution in [0.4, 0.5) is 5.69 Å². The highest BCUT2D eigenvalue weighted by Crippen LogP contribution is 2.19. The number of ether oxygens (including phenoxy) is 1. The van der Waals surface area contributed by atoms with Crippen molar-refractivity contribution in [3.63, 3.8) is 0 Å². The number of amides is 1. The number of anilines is 1. The number of carbonyl (C=O) groups excluding carboxylic acids is 1. The van der Waals surface area contributed by atoms with Crippen LogP contribution in [0.15, 0.2) is 57.9 Å². The molecule has 0 saturated carbocycles. The average molecular weight is 484 g/mol. The highest BCUT2D eigenvalue weighted by Gasteiger charge is 2.26. The van der Waals surface area contributed by atoms with Gasteiger partial charge < -0.3 is 10.1 Å². The molecule has 0 radical (unpaired) electrons. The Labute approximate surface area is 177 Å². The molecule has 2 aromatic carbocycles. The zero-order chi connectivity index (χ0) is 20.1. The second-order valence-corrected chi connectivity index (χ2v) is 9.22. The number of hydrogen-bond acceptors (Lipinski definition) is 5. The molecule has 2 aromatic rings. The van der Waals surface area contributed by atoms with Crippen molar-refractivity contribution in [2.24, 2.45) is 0 Å². The molecule has 0 aliphatic carbocycles. The van der Waals surface area contributed by atoms with Gasteiger partial charge in [0.05, 0.1) is 18.1 Å². The molecule has 1 amide bonds. The molecule has 1 aliphatic rings. The summed E-state index contributed by atoms with van der Waals surface area (Å²) in [5, 5.41) is 5.58. The van der Waals surface area contributed by atoms with Gasteiger partial charge in [-0.05, 0) is 60.7 Å². The first kappa shape index (κ1) is 20.9. The molecule has 1 heterocycles. The van der Waals surface area contributed by atoms with Crippen LogP contribution in [0.2, 0.25) is 0 Å². The molecule has 0 atom stereocenters. The summed E-state index contributed by atoms with van der Waals surface area (Å²) in [5.41, 5.74) is 1.04. The molecular weight excluding hydrogens is 466 g/mol. The summed E-state index contributed by atoms with van der Waals surface area (Å²) >= 11 is 8.47. The Hall–Kier alpha value is -1.85. The van der Waals surface area contributed by atoms with E-state index in [1.807, 2.05) is 0 Å². The summed E-state index contributed by atoms with van der Waals surface area (Å²) < 4.78 is 32.7. The van der Waals surface area contributed by atoms with Crippen LogP contribution in [0, 0.1) is 0 Å². The summed E-state index contributed by atoms with van der Waals surface area (Å²) in [6.45, 7) is 1.47. The van der Waals surface area contributed by atoms with E-state index in [1.54, 1.807) is 36.4 Å². The second-order valence-electron chi connectivity index (χ2n) is 5.96. The topological polar surface area (TPSA) is 87.7 Å². The van der Waals surface area contributed by atoms with Gasteiger partial charge in [0.2, 0.25) is 10.0 Å². The number of rotatable bonds is 4. The first-order valence-electron chi connectivity index (χ1n) is 8.42. The highest BCUT2D eigenvalue weighted by atomic mass is 79.9. The molecule has 28 heavy (non-hydrogen) atoms. The van der Waals surface area contributed by atoms with E-state index >= 15 is 0 Å². The van der Waals surface area contributed by atoms with Crippen molar-refractivity contribution in [2.75, 3.05) is 31.6 Å². The average Bonchev–Trinajstić information content (AvgIpc) is 2.69. The maximum Gasteiger partial charge on any atom is 0.257 e. The van der Waals surface area contributed by atoms with E-state index < -0.39 is 10.0 Å². The molecule has 0 spiro atoms. The van der Waals surface area contributed by atoms with Gasteiger partial charge in [-0.2, -0.15) is 4.31 Å². The summed E-state index contributed by atoms with van der Waals surface area (Å²) in [6.07, 6.45) is 0. The summed E-state index contributed by atoms with van der Waals surface area (Å²) in [7, 11) is -3.55. The second kappa shape index (κ2) is 9.10. The number of nitrogens with one attached hydrogen (secondary N) is 2. The number of nitrogens with zero attached hydrogens (tertiary/aromatic N) is 1. The van der Waals surface area contributed by atoms with Gasteiger partial charge in [-0.1, -0.05) is 15.9 Å². The predicted molar refractivity (Wildman–Crippen MR) is 114 cm³/mol. The number of thiocarbonyl (C=S) groups is 1. The maximum atomic E-state index is 12.6. The van der Waals surface area contributed by atoms with E-state index in [2.05, 4.69) is 26.6 Å². The van der Waals surface area contributed by atoms with Gasteiger partial charge in [0.25, 0.3) is 5.91 Å². The minimum atomic E-state index is -3.55. The van der Waals surface area contributed by atoms with Crippen molar-refractivity contribution in [1.82, 2.24) is 9.62 Å². The maximum absolute atomic E-state index is 12.6. The van der Waals surface area contributed by atoms with Gasteiger partial charge >= 0.3 is 0 Å². The molecule has 3 rings (SSSR count). The van der Waals surface area contributed by atoms with Crippen LogP contribution < -0.4 is 10.6 Å². The Morgan fingerprint density at radius 2 is 1.64 bits per heavy atom. The number of morpholine rings is 1. The standard InChI is InChI=1S/C18H18BrN3O4S2/c19-14-3-1-13(2-4-14)17(23)21-18(27)20-15-5-7-16(8-6-15)28(24,25)22-9-11-26-12-10-22/h1-8H,9-12H2,(H2,20,21,23,27). The van der Waals surface area contributed by atoms with Crippen LogP contribution in [0.1, 0.15) is 10.4 Å². The van der Waals surface area contributed by atoms with Crippen molar-refractivity contribution in [3.05, 3.63) is 58.6 Å². The van der Waals surface area contributed by atoms with Gasteiger partial charge in [-0.3, -0.25) is 10.1 Å². The SMILES string of the molecule is O=C(NC(=S)Nc1ccc(S(=O)(=O)N2CCOCC2)cc1)c1ccc(Br)cc1. The Morgan fingerprint density at radius 3 is 2.25 bits per heavy atom. The number of halogens is 1. The lowest BCUT2D eigenvalue weighted by molar-refractivity contribution is 0.0730. The van der Waals surface area contributed by atoms with Gasteiger partial charge in [-0.25, -0.2) is 8.42 Å². The Bertz CT molecular complexity index is 957. The first-order valence-corrected chi connectivity index (χ1v) is 11.1. The number of sulfonamides is 1. The normalized spacial score (nSPS) is 15.0. The smallest absolute Gasteiger partial charge is 0.257 e. The predicted octanol–water partition coefficient (Wildman–Crippen LogP) is 2.60. The largest absolute Gasteiger partial charge is 0.379 e. The van der Waals surface area contributed by atoms with Crippen LogP contribution in [0.25, 0.3) is 0 Å². The quantitative estimate of drug-likeness (QED) is 0.649. The monoisotopic (exact) mass is 483 g/mol. The van der Waals surface area contributed by atoms with Crippen LogP contribution in [-0.2, 0) is 14.8 Å². The molecule has 1 fully saturated rings. The summed E-state index contributed by atoms with van der Waals surface area (Å²) in [4.78, 5) is 12.4. The fourth-order valence-corrected chi connectivity index (χ4v) is 4.47. The molecule has 2 N–H and O–H groups in total. The fourth-order valence-electron chi connectivity index (χ4n) is 2.59. The molecule has 7 nitrogen and oxygen atoms in total. The minimum absolute atomic E-state index is 0.122. The number of benzene rings is 2. The Morgan fingerprint density at radius 1 is 1.04 bits per heavy atom. The number of hydrogen-bond donors (Lipinski definition) is 2. The van der Waals surface area contributed by atoms with E-state index in [-0.39, 0.29) is 15.9 Å². The minimum Gasteiger partial charge on any atom is -0.379 e. The number of carbonyl (C=O) groups is 1. The molecular formula is C18H18BrN3O4S2. The summed E-state index contributed by atoms with van der Waals surface area (Å²) in [6, 6.07) is 13.1. The van der Waals surface area contributed by atoms with Crippen molar-refractivity contribution >= 4 is 54.9 Å². The highest BCUT2D eigenvalue weighted by molar-refractivity contribution is 9.10. The zero-order valence-corrected chi connectivity index (χ0v) is 17.9. The molecule has 10 heteroatoms. The zero-order valence-electron chi connectivity index (χ0n) is 14.7. The lowest BCUT2D eigenvalue weighted by atomic mass is 10.2. The van der Waals surface area contributed by atoms with E-state index in [0.29, 0.717) is 37.6 Å². The van der Waals surface area contributed by atoms with Gasteiger partial charge in [-0.15, -0.1) is 0 Å². The Kier molecular flexibility index (Phi) is 6.78. The van der Waals surface area contributed by atoms with Crippen molar-refractivity contribution in [1.29, 1.82) is 0 Å². The molecule has 148 valence electrons. The first-order chi connectivity index (χ1) is 13.4. The lowest BCUT2D eigenvalue weighted by Gasteiger charge is -2.26. The summed E-state index contributed by atoms with van der Waals surface area (Å²) in [5.74, 6) is -0.337. The van der Waals surface area contributed by atoms with Crippen LogP contribution in [0.3, 0.4) is 0 Å². The molecule has 1 saturated heterocycles. The Balaban J connectivity index is 1.61. The van der Waals surface area contributed by atoms with Crippen molar-refractivity contribution in [3.8, 4) is 0 Å². The van der Waals surface area contributed by atoms with Gasteiger partial charge in [0.1, 0.15) is 0 Å². The third-order valence-electron chi connectivity index (χ3n) is 4.05. The van der Waals surface area contributed by atoms with Crippen molar-refractivity contribution in [2.45, 2.75) is 4.90 Å². The molecule has 1 aliphatic heterocycles. The fraction of sp³-hybridized carbons (Fsp3) is 0.222. The van der Waals surface area contributed by atoms with E-state index in [1.165, 1.54) is 16.4 Å². The lowest BCUT2D eigenvalue weighted by Crippen LogP contribution is -2.40. The van der Waals surface area contributed by atoms with E-state index in [4.69, 9.17) is 17.0 Å². The molecule has 0 unspecified atom stereocenters. The van der Waals surface area contributed by atoms with Crippen LogP contribution >= 0.6 is 28.1 Å².